The maximum Gasteiger partial charge on any atom is 0.227 e. The van der Waals surface area contributed by atoms with Crippen molar-refractivity contribution in [2.45, 2.75) is 6.42 Å². The summed E-state index contributed by atoms with van der Waals surface area (Å²) in [4.78, 5) is 25.8. The fourth-order valence-electron chi connectivity index (χ4n) is 2.42. The fraction of sp³-hybridized carbons (Fsp3) is 0.467. The number of nitrogens with two attached hydrogens (primary N) is 1. The van der Waals surface area contributed by atoms with Crippen LogP contribution in [0.2, 0.25) is 0 Å². The van der Waals surface area contributed by atoms with E-state index in [1.807, 2.05) is 0 Å². The van der Waals surface area contributed by atoms with Crippen LogP contribution in [0.5, 0.6) is 11.5 Å². The van der Waals surface area contributed by atoms with Crippen LogP contribution in [0.1, 0.15) is 6.42 Å². The molecule has 0 spiro atoms. The van der Waals surface area contributed by atoms with Crippen molar-refractivity contribution < 1.29 is 19.1 Å². The lowest BCUT2D eigenvalue weighted by Crippen LogP contribution is -2.35. The average Bonchev–Trinajstić information content (AvgIpc) is 2.93. The number of methoxy groups -OCH3 is 2. The van der Waals surface area contributed by atoms with E-state index in [-0.39, 0.29) is 24.2 Å². The summed E-state index contributed by atoms with van der Waals surface area (Å²) < 4.78 is 10.4. The second-order valence-corrected chi connectivity index (χ2v) is 5.06. The van der Waals surface area contributed by atoms with Crippen LogP contribution in [-0.4, -0.2) is 45.7 Å². The summed E-state index contributed by atoms with van der Waals surface area (Å²) >= 11 is 0. The van der Waals surface area contributed by atoms with E-state index in [1.54, 1.807) is 37.3 Å². The molecular formula is C15H21N3O4. The molecule has 7 nitrogen and oxygen atoms in total. The van der Waals surface area contributed by atoms with Gasteiger partial charge in [0, 0.05) is 44.3 Å². The number of hydrogen-bond donors (Lipinski definition) is 2. The Morgan fingerprint density at radius 3 is 2.50 bits per heavy atom. The summed E-state index contributed by atoms with van der Waals surface area (Å²) in [5.41, 5.74) is 6.03. The van der Waals surface area contributed by atoms with Crippen LogP contribution in [0.15, 0.2) is 18.2 Å². The first-order valence-electron chi connectivity index (χ1n) is 7.10. The fourth-order valence-corrected chi connectivity index (χ4v) is 2.42. The van der Waals surface area contributed by atoms with E-state index in [9.17, 15) is 9.59 Å². The van der Waals surface area contributed by atoms with E-state index in [0.29, 0.717) is 36.8 Å². The monoisotopic (exact) mass is 307 g/mol. The molecule has 3 N–H and O–H groups in total. The van der Waals surface area contributed by atoms with Crippen LogP contribution in [0, 0.1) is 5.92 Å². The van der Waals surface area contributed by atoms with Gasteiger partial charge >= 0.3 is 0 Å². The smallest absolute Gasteiger partial charge is 0.227 e. The topological polar surface area (TPSA) is 93.9 Å². The Bertz CT molecular complexity index is 539. The van der Waals surface area contributed by atoms with E-state index in [4.69, 9.17) is 15.2 Å². The molecule has 1 fully saturated rings. The number of nitrogens with one attached hydrogen (secondary N) is 1. The number of ether oxygens (including phenoxy) is 2. The molecule has 1 saturated heterocycles. The van der Waals surface area contributed by atoms with Gasteiger partial charge in [-0.25, -0.2) is 0 Å². The summed E-state index contributed by atoms with van der Waals surface area (Å²) in [6.07, 6.45) is 0.190. The molecule has 1 aliphatic rings. The normalized spacial score (nSPS) is 17.5. The Morgan fingerprint density at radius 1 is 1.32 bits per heavy atom. The predicted molar refractivity (Wildman–Crippen MR) is 82.1 cm³/mol. The molecule has 1 heterocycles. The molecule has 0 aromatic heterocycles. The number of anilines is 1. The molecule has 1 aromatic carbocycles. The maximum absolute atomic E-state index is 12.2. The van der Waals surface area contributed by atoms with Gasteiger partial charge in [-0.3, -0.25) is 9.59 Å². The van der Waals surface area contributed by atoms with E-state index in [1.165, 1.54) is 0 Å². The predicted octanol–water partition coefficient (Wildman–Crippen LogP) is 0.132. The molecule has 1 unspecified atom stereocenters. The minimum atomic E-state index is -0.365. The number of carbonyl (C=O) groups is 2. The van der Waals surface area contributed by atoms with Crippen LogP contribution in [-0.2, 0) is 9.59 Å². The van der Waals surface area contributed by atoms with Crippen molar-refractivity contribution in [1.82, 2.24) is 5.32 Å². The molecule has 7 heteroatoms. The van der Waals surface area contributed by atoms with Crippen molar-refractivity contribution in [3.05, 3.63) is 18.2 Å². The minimum Gasteiger partial charge on any atom is -0.497 e. The van der Waals surface area contributed by atoms with Crippen molar-refractivity contribution in [2.24, 2.45) is 11.7 Å². The van der Waals surface area contributed by atoms with Crippen LogP contribution in [0.3, 0.4) is 0 Å². The second-order valence-electron chi connectivity index (χ2n) is 5.06. The minimum absolute atomic E-state index is 0.0943. The first-order chi connectivity index (χ1) is 10.6. The molecule has 1 atom stereocenters. The van der Waals surface area contributed by atoms with Crippen LogP contribution in [0.4, 0.5) is 5.69 Å². The van der Waals surface area contributed by atoms with Crippen LogP contribution >= 0.6 is 0 Å². The first-order valence-corrected chi connectivity index (χ1v) is 7.10. The maximum atomic E-state index is 12.2. The SMILES string of the molecule is COc1cc(OC)cc(N2CC(C(=O)NCCN)CC2=O)c1. The number of benzene rings is 1. The Balaban J connectivity index is 2.16. The van der Waals surface area contributed by atoms with Gasteiger partial charge in [0.1, 0.15) is 11.5 Å². The zero-order valence-corrected chi connectivity index (χ0v) is 12.8. The van der Waals surface area contributed by atoms with Gasteiger partial charge in [0.15, 0.2) is 0 Å². The van der Waals surface area contributed by atoms with Crippen molar-refractivity contribution in [3.63, 3.8) is 0 Å². The average molecular weight is 307 g/mol. The Morgan fingerprint density at radius 2 is 1.95 bits per heavy atom. The molecule has 2 amide bonds. The number of nitrogens with zero attached hydrogens (tertiary/aromatic N) is 1. The summed E-state index contributed by atoms with van der Waals surface area (Å²) in [6.45, 7) is 1.13. The van der Waals surface area contributed by atoms with Gasteiger partial charge in [-0.15, -0.1) is 0 Å². The summed E-state index contributed by atoms with van der Waals surface area (Å²) in [5.74, 6) is 0.590. The Hall–Kier alpha value is -2.28. The zero-order valence-electron chi connectivity index (χ0n) is 12.8. The molecule has 2 rings (SSSR count). The van der Waals surface area contributed by atoms with Gasteiger partial charge in [0.05, 0.1) is 25.8 Å². The highest BCUT2D eigenvalue weighted by molar-refractivity contribution is 6.00. The molecule has 0 bridgehead atoms. The number of rotatable bonds is 6. The third kappa shape index (κ3) is 3.48. The highest BCUT2D eigenvalue weighted by atomic mass is 16.5. The van der Waals surface area contributed by atoms with Gasteiger partial charge in [0.25, 0.3) is 0 Å². The standard InChI is InChI=1S/C15H21N3O4/c1-21-12-6-11(7-13(8-12)22-2)18-9-10(5-14(18)19)15(20)17-4-3-16/h6-8,10H,3-5,9,16H2,1-2H3,(H,17,20). The molecule has 0 aliphatic carbocycles. The molecular weight excluding hydrogens is 286 g/mol. The highest BCUT2D eigenvalue weighted by Gasteiger charge is 2.35. The third-order valence-electron chi connectivity index (χ3n) is 3.59. The second kappa shape index (κ2) is 7.13. The number of amides is 2. The van der Waals surface area contributed by atoms with Crippen LogP contribution in [0.25, 0.3) is 0 Å². The van der Waals surface area contributed by atoms with Crippen LogP contribution < -0.4 is 25.4 Å². The summed E-state index contributed by atoms with van der Waals surface area (Å²) in [5, 5.41) is 2.72. The largest absolute Gasteiger partial charge is 0.497 e. The lowest BCUT2D eigenvalue weighted by Gasteiger charge is -2.18. The van der Waals surface area contributed by atoms with Crippen molar-refractivity contribution in [2.75, 3.05) is 38.8 Å². The third-order valence-corrected chi connectivity index (χ3v) is 3.59. The number of hydrogen-bond acceptors (Lipinski definition) is 5. The molecule has 0 saturated carbocycles. The molecule has 0 radical (unpaired) electrons. The van der Waals surface area contributed by atoms with E-state index in [0.717, 1.165) is 0 Å². The van der Waals surface area contributed by atoms with Gasteiger partial charge in [-0.1, -0.05) is 0 Å². The Kier molecular flexibility index (Phi) is 5.21. The van der Waals surface area contributed by atoms with Gasteiger partial charge in [-0.2, -0.15) is 0 Å². The molecule has 22 heavy (non-hydrogen) atoms. The lowest BCUT2D eigenvalue weighted by molar-refractivity contribution is -0.126. The molecule has 1 aliphatic heterocycles. The van der Waals surface area contributed by atoms with Crippen molar-refractivity contribution in [1.29, 1.82) is 0 Å². The van der Waals surface area contributed by atoms with E-state index >= 15 is 0 Å². The van der Waals surface area contributed by atoms with Gasteiger partial charge in [-0.05, 0) is 0 Å². The summed E-state index contributed by atoms with van der Waals surface area (Å²) in [7, 11) is 3.10. The number of carbonyl (C=O) groups excluding carboxylic acids is 2. The Labute approximate surface area is 129 Å². The first kappa shape index (κ1) is 16.1. The van der Waals surface area contributed by atoms with E-state index < -0.39 is 0 Å². The molecule has 120 valence electrons. The summed E-state index contributed by atoms with van der Waals surface area (Å²) in [6, 6.07) is 5.23. The van der Waals surface area contributed by atoms with Crippen molar-refractivity contribution >= 4 is 17.5 Å². The van der Waals surface area contributed by atoms with Crippen molar-refractivity contribution in [3.8, 4) is 11.5 Å². The van der Waals surface area contributed by atoms with E-state index in [2.05, 4.69) is 5.32 Å². The zero-order chi connectivity index (χ0) is 16.1. The molecule has 1 aromatic rings. The lowest BCUT2D eigenvalue weighted by atomic mass is 10.1. The van der Waals surface area contributed by atoms with Gasteiger partial charge < -0.3 is 25.4 Å². The quantitative estimate of drug-likeness (QED) is 0.779. The van der Waals surface area contributed by atoms with Gasteiger partial charge in [0.2, 0.25) is 11.8 Å². The highest BCUT2D eigenvalue weighted by Crippen LogP contribution is 2.32.